The monoisotopic (exact) mass is 436 g/mol. The van der Waals surface area contributed by atoms with Crippen LogP contribution in [0, 0.1) is 5.92 Å². The molecule has 0 radical (unpaired) electrons. The fourth-order valence-corrected chi connectivity index (χ4v) is 3.98. The zero-order valence-corrected chi connectivity index (χ0v) is 17.7. The number of aromatic nitrogens is 2. The minimum atomic E-state index is -4.33. The van der Waals surface area contributed by atoms with Crippen LogP contribution in [0.15, 0.2) is 30.3 Å². The summed E-state index contributed by atoms with van der Waals surface area (Å²) in [5, 5.41) is 6.47. The van der Waals surface area contributed by atoms with Gasteiger partial charge in [0.1, 0.15) is 11.4 Å². The van der Waals surface area contributed by atoms with Gasteiger partial charge in [-0.1, -0.05) is 18.2 Å². The molecule has 3 rings (SSSR count). The number of likely N-dealkylation sites (tertiary alicyclic amines) is 1. The van der Waals surface area contributed by atoms with Crippen molar-refractivity contribution in [2.24, 2.45) is 5.92 Å². The van der Waals surface area contributed by atoms with E-state index in [0.29, 0.717) is 25.1 Å². The Kier molecular flexibility index (Phi) is 7.15. The maximum absolute atomic E-state index is 12.9. The lowest BCUT2D eigenvalue weighted by molar-refractivity contribution is -0.137. The van der Waals surface area contributed by atoms with E-state index in [1.54, 1.807) is 18.0 Å². The molecule has 1 unspecified atom stereocenters. The SMILES string of the molecule is CC(=O)c1cc(C(=O)N(C)CC2CCCN(CCc3cccc(C(F)(F)F)c3)C2)[nH]n1. The van der Waals surface area contributed by atoms with Gasteiger partial charge in [0.05, 0.1) is 5.56 Å². The van der Waals surface area contributed by atoms with Gasteiger partial charge < -0.3 is 9.80 Å². The normalized spacial score (nSPS) is 17.5. The van der Waals surface area contributed by atoms with E-state index in [9.17, 15) is 22.8 Å². The van der Waals surface area contributed by atoms with Crippen LogP contribution in [0.4, 0.5) is 13.2 Å². The van der Waals surface area contributed by atoms with Gasteiger partial charge in [-0.3, -0.25) is 14.7 Å². The summed E-state index contributed by atoms with van der Waals surface area (Å²) in [6.07, 6.45) is -1.82. The first kappa shape index (κ1) is 23.0. The number of nitrogens with one attached hydrogen (secondary N) is 1. The highest BCUT2D eigenvalue weighted by Crippen LogP contribution is 2.29. The van der Waals surface area contributed by atoms with Crippen LogP contribution in [0.25, 0.3) is 0 Å². The molecule has 1 saturated heterocycles. The van der Waals surface area contributed by atoms with Crippen LogP contribution in [0.2, 0.25) is 0 Å². The number of ketones is 1. The molecule has 1 aliphatic heterocycles. The van der Waals surface area contributed by atoms with E-state index < -0.39 is 11.7 Å². The van der Waals surface area contributed by atoms with E-state index in [1.165, 1.54) is 25.1 Å². The molecule has 1 aromatic heterocycles. The molecule has 31 heavy (non-hydrogen) atoms. The molecule has 1 aromatic carbocycles. The third-order valence-electron chi connectivity index (χ3n) is 5.62. The van der Waals surface area contributed by atoms with E-state index in [1.807, 2.05) is 0 Å². The van der Waals surface area contributed by atoms with E-state index >= 15 is 0 Å². The van der Waals surface area contributed by atoms with Crippen LogP contribution >= 0.6 is 0 Å². The lowest BCUT2D eigenvalue weighted by atomic mass is 9.96. The van der Waals surface area contributed by atoms with Crippen molar-refractivity contribution in [2.45, 2.75) is 32.4 Å². The first-order valence-corrected chi connectivity index (χ1v) is 10.3. The lowest BCUT2D eigenvalue weighted by Crippen LogP contribution is -2.42. The summed E-state index contributed by atoms with van der Waals surface area (Å²) in [4.78, 5) is 27.8. The van der Waals surface area contributed by atoms with Crippen LogP contribution in [0.1, 0.15) is 51.9 Å². The average Bonchev–Trinajstić information content (AvgIpc) is 3.22. The molecule has 0 saturated carbocycles. The van der Waals surface area contributed by atoms with Crippen LogP contribution in [-0.4, -0.2) is 64.9 Å². The highest BCUT2D eigenvalue weighted by Gasteiger charge is 2.30. The molecule has 1 fully saturated rings. The van der Waals surface area contributed by atoms with Gasteiger partial charge in [-0.15, -0.1) is 0 Å². The topological polar surface area (TPSA) is 69.3 Å². The Morgan fingerprint density at radius 2 is 2.06 bits per heavy atom. The number of aromatic amines is 1. The molecular weight excluding hydrogens is 409 g/mol. The largest absolute Gasteiger partial charge is 0.416 e. The predicted molar refractivity (Wildman–Crippen MR) is 110 cm³/mol. The van der Waals surface area contributed by atoms with Crippen molar-refractivity contribution < 1.29 is 22.8 Å². The molecule has 2 heterocycles. The molecule has 1 atom stereocenters. The van der Waals surface area contributed by atoms with Crippen molar-refractivity contribution in [1.29, 1.82) is 0 Å². The predicted octanol–water partition coefficient (Wildman–Crippen LogP) is 3.66. The highest BCUT2D eigenvalue weighted by atomic mass is 19.4. The maximum atomic E-state index is 12.9. The third-order valence-corrected chi connectivity index (χ3v) is 5.62. The van der Waals surface area contributed by atoms with Crippen LogP contribution in [0.5, 0.6) is 0 Å². The lowest BCUT2D eigenvalue weighted by Gasteiger charge is -2.34. The number of hydrogen-bond acceptors (Lipinski definition) is 4. The summed E-state index contributed by atoms with van der Waals surface area (Å²) in [6.45, 7) is 4.32. The molecule has 6 nitrogen and oxygen atoms in total. The first-order chi connectivity index (χ1) is 14.6. The minimum Gasteiger partial charge on any atom is -0.340 e. The number of halogens is 3. The van der Waals surface area contributed by atoms with Gasteiger partial charge in [0, 0.05) is 33.6 Å². The van der Waals surface area contributed by atoms with Gasteiger partial charge in [-0.05, 0) is 49.4 Å². The van der Waals surface area contributed by atoms with Gasteiger partial charge in [0.15, 0.2) is 5.78 Å². The number of amides is 1. The van der Waals surface area contributed by atoms with E-state index in [0.717, 1.165) is 32.0 Å². The van der Waals surface area contributed by atoms with Gasteiger partial charge in [0.2, 0.25) is 0 Å². The van der Waals surface area contributed by atoms with Crippen molar-refractivity contribution in [3.8, 4) is 0 Å². The van der Waals surface area contributed by atoms with Crippen molar-refractivity contribution >= 4 is 11.7 Å². The number of Topliss-reactive ketones (excluding diaryl/α,β-unsaturated/α-hetero) is 1. The van der Waals surface area contributed by atoms with Crippen molar-refractivity contribution in [1.82, 2.24) is 20.0 Å². The van der Waals surface area contributed by atoms with Gasteiger partial charge in [0.25, 0.3) is 5.91 Å². The number of benzene rings is 1. The molecule has 1 aliphatic rings. The molecule has 1 amide bonds. The second-order valence-corrected chi connectivity index (χ2v) is 8.17. The number of H-pyrrole nitrogens is 1. The van der Waals surface area contributed by atoms with E-state index in [-0.39, 0.29) is 29.0 Å². The molecule has 0 spiro atoms. The molecule has 1 N–H and O–H groups in total. The number of hydrogen-bond donors (Lipinski definition) is 1. The number of carbonyl (C=O) groups is 2. The summed E-state index contributed by atoms with van der Waals surface area (Å²) < 4.78 is 38.7. The molecule has 2 aromatic rings. The van der Waals surface area contributed by atoms with E-state index in [2.05, 4.69) is 15.1 Å². The number of piperidine rings is 1. The molecule has 0 aliphatic carbocycles. The molecule has 9 heteroatoms. The Balaban J connectivity index is 1.52. The smallest absolute Gasteiger partial charge is 0.340 e. The van der Waals surface area contributed by atoms with Gasteiger partial charge >= 0.3 is 6.18 Å². The summed E-state index contributed by atoms with van der Waals surface area (Å²) in [6, 6.07) is 6.94. The Morgan fingerprint density at radius 1 is 1.29 bits per heavy atom. The van der Waals surface area contributed by atoms with Crippen LogP contribution < -0.4 is 0 Å². The average molecular weight is 436 g/mol. The first-order valence-electron chi connectivity index (χ1n) is 10.3. The Hall–Kier alpha value is -2.68. The maximum Gasteiger partial charge on any atom is 0.416 e. The Bertz CT molecular complexity index is 925. The Morgan fingerprint density at radius 3 is 2.74 bits per heavy atom. The Labute approximate surface area is 179 Å². The summed E-state index contributed by atoms with van der Waals surface area (Å²) in [5.74, 6) is -0.151. The second-order valence-electron chi connectivity index (χ2n) is 8.17. The van der Waals surface area contributed by atoms with Crippen molar-refractivity contribution in [2.75, 3.05) is 33.2 Å². The number of rotatable bonds is 7. The number of carbonyl (C=O) groups excluding carboxylic acids is 2. The number of nitrogens with zero attached hydrogens (tertiary/aromatic N) is 3. The van der Waals surface area contributed by atoms with Crippen molar-refractivity contribution in [3.05, 3.63) is 52.8 Å². The highest BCUT2D eigenvalue weighted by molar-refractivity contribution is 5.97. The third kappa shape index (κ3) is 6.16. The standard InChI is InChI=1S/C22H27F3N4O2/c1-15(30)19-12-20(27-26-19)21(31)28(2)13-17-6-4-9-29(14-17)10-8-16-5-3-7-18(11-16)22(23,24)25/h3,5,7,11-12,17H,4,6,8-10,13-14H2,1-2H3,(H,26,27). The van der Waals surface area contributed by atoms with Crippen LogP contribution in [-0.2, 0) is 12.6 Å². The zero-order valence-electron chi connectivity index (χ0n) is 17.7. The van der Waals surface area contributed by atoms with E-state index in [4.69, 9.17) is 0 Å². The molecule has 168 valence electrons. The zero-order chi connectivity index (χ0) is 22.6. The van der Waals surface area contributed by atoms with Gasteiger partial charge in [-0.2, -0.15) is 18.3 Å². The fourth-order valence-electron chi connectivity index (χ4n) is 3.98. The second kappa shape index (κ2) is 9.64. The molecular formula is C22H27F3N4O2. The van der Waals surface area contributed by atoms with Crippen LogP contribution in [0.3, 0.4) is 0 Å². The summed E-state index contributed by atoms with van der Waals surface area (Å²) >= 11 is 0. The number of alkyl halides is 3. The summed E-state index contributed by atoms with van der Waals surface area (Å²) in [7, 11) is 1.72. The molecule has 0 bridgehead atoms. The van der Waals surface area contributed by atoms with Crippen molar-refractivity contribution in [3.63, 3.8) is 0 Å². The minimum absolute atomic E-state index is 0.207. The fraction of sp³-hybridized carbons (Fsp3) is 0.500. The quantitative estimate of drug-likeness (QED) is 0.673. The summed E-state index contributed by atoms with van der Waals surface area (Å²) in [5.41, 5.74) is 0.568. The van der Waals surface area contributed by atoms with Gasteiger partial charge in [-0.25, -0.2) is 0 Å².